The Morgan fingerprint density at radius 3 is 1.89 bits per heavy atom. The molecule has 2 saturated carbocycles. The smallest absolute Gasteiger partial charge is 0.307 e. The highest BCUT2D eigenvalue weighted by molar-refractivity contribution is 5.86. The molecule has 2 aliphatic rings. The van der Waals surface area contributed by atoms with Gasteiger partial charge in [0.05, 0.1) is 11.8 Å². The molecule has 0 aromatic heterocycles. The molecule has 108 valence electrons. The lowest BCUT2D eigenvalue weighted by Crippen LogP contribution is -2.49. The number of carboxylic acids is 1. The third kappa shape index (κ3) is 2.37. The number of carbonyl (C=O) groups is 2. The Labute approximate surface area is 115 Å². The molecule has 1 amide bonds. The first-order valence-electron chi connectivity index (χ1n) is 7.39. The molecule has 4 unspecified atom stereocenters. The van der Waals surface area contributed by atoms with Crippen LogP contribution in [0.2, 0.25) is 0 Å². The molecule has 4 heteroatoms. The fourth-order valence-corrected chi connectivity index (χ4v) is 4.28. The van der Waals surface area contributed by atoms with Gasteiger partial charge in [0, 0.05) is 12.1 Å². The van der Waals surface area contributed by atoms with Gasteiger partial charge in [0.15, 0.2) is 0 Å². The number of nitrogens with zero attached hydrogens (tertiary/aromatic N) is 1. The number of carboxylic acid groups (broad SMARTS) is 1. The Morgan fingerprint density at radius 1 is 1.00 bits per heavy atom. The van der Waals surface area contributed by atoms with E-state index in [1.165, 1.54) is 0 Å². The van der Waals surface area contributed by atoms with Crippen LogP contribution in [0.4, 0.5) is 0 Å². The molecule has 0 saturated heterocycles. The molecule has 4 atom stereocenters. The summed E-state index contributed by atoms with van der Waals surface area (Å²) in [5, 5.41) is 9.44. The van der Waals surface area contributed by atoms with Crippen molar-refractivity contribution in [1.82, 2.24) is 4.90 Å². The van der Waals surface area contributed by atoms with Gasteiger partial charge in [-0.2, -0.15) is 0 Å². The zero-order valence-corrected chi connectivity index (χ0v) is 12.3. The van der Waals surface area contributed by atoms with E-state index < -0.39 is 11.9 Å². The van der Waals surface area contributed by atoms with Crippen LogP contribution in [-0.4, -0.2) is 34.0 Å². The predicted octanol–water partition coefficient (Wildman–Crippen LogP) is 2.38. The second-order valence-corrected chi connectivity index (χ2v) is 6.66. The molecule has 0 aromatic carbocycles. The van der Waals surface area contributed by atoms with Gasteiger partial charge in [0.25, 0.3) is 0 Å². The van der Waals surface area contributed by atoms with E-state index in [0.717, 1.165) is 19.3 Å². The predicted molar refractivity (Wildman–Crippen MR) is 72.6 cm³/mol. The highest BCUT2D eigenvalue weighted by atomic mass is 16.4. The van der Waals surface area contributed by atoms with E-state index in [-0.39, 0.29) is 29.8 Å². The number of aliphatic carboxylic acids is 1. The van der Waals surface area contributed by atoms with Crippen LogP contribution in [0, 0.1) is 23.7 Å². The monoisotopic (exact) mass is 267 g/mol. The van der Waals surface area contributed by atoms with E-state index in [4.69, 9.17) is 0 Å². The molecule has 2 rings (SSSR count). The molecule has 0 radical (unpaired) electrons. The van der Waals surface area contributed by atoms with E-state index >= 15 is 0 Å². The van der Waals surface area contributed by atoms with Gasteiger partial charge in [-0.3, -0.25) is 9.59 Å². The number of rotatable bonds is 4. The van der Waals surface area contributed by atoms with Crippen molar-refractivity contribution < 1.29 is 14.7 Å². The second kappa shape index (κ2) is 5.14. The van der Waals surface area contributed by atoms with Crippen molar-refractivity contribution in [2.45, 2.75) is 59.0 Å². The fourth-order valence-electron chi connectivity index (χ4n) is 4.28. The van der Waals surface area contributed by atoms with Gasteiger partial charge in [0.1, 0.15) is 0 Å². The van der Waals surface area contributed by atoms with Crippen LogP contribution < -0.4 is 0 Å². The van der Waals surface area contributed by atoms with Crippen LogP contribution in [0.5, 0.6) is 0 Å². The van der Waals surface area contributed by atoms with Crippen LogP contribution in [0.1, 0.15) is 47.0 Å². The Morgan fingerprint density at radius 2 is 1.47 bits per heavy atom. The van der Waals surface area contributed by atoms with Gasteiger partial charge >= 0.3 is 5.97 Å². The molecular weight excluding hydrogens is 242 g/mol. The Hall–Kier alpha value is -1.06. The van der Waals surface area contributed by atoms with Crippen molar-refractivity contribution in [2.24, 2.45) is 23.7 Å². The lowest BCUT2D eigenvalue weighted by atomic mass is 9.78. The largest absolute Gasteiger partial charge is 0.481 e. The lowest BCUT2D eigenvalue weighted by molar-refractivity contribution is -0.154. The highest BCUT2D eigenvalue weighted by Gasteiger charge is 2.55. The minimum Gasteiger partial charge on any atom is -0.481 e. The highest BCUT2D eigenvalue weighted by Crippen LogP contribution is 2.53. The normalized spacial score (nSPS) is 33.2. The molecule has 2 aliphatic carbocycles. The summed E-state index contributed by atoms with van der Waals surface area (Å²) in [4.78, 5) is 26.2. The summed E-state index contributed by atoms with van der Waals surface area (Å²) in [5.74, 6) is -0.953. The molecule has 19 heavy (non-hydrogen) atoms. The van der Waals surface area contributed by atoms with Crippen molar-refractivity contribution in [2.75, 3.05) is 0 Å². The summed E-state index contributed by atoms with van der Waals surface area (Å²) >= 11 is 0. The second-order valence-electron chi connectivity index (χ2n) is 6.66. The topological polar surface area (TPSA) is 57.6 Å². The van der Waals surface area contributed by atoms with Gasteiger partial charge in [-0.25, -0.2) is 0 Å². The average molecular weight is 267 g/mol. The van der Waals surface area contributed by atoms with Crippen LogP contribution in [0.25, 0.3) is 0 Å². The van der Waals surface area contributed by atoms with E-state index in [9.17, 15) is 14.7 Å². The first-order valence-corrected chi connectivity index (χ1v) is 7.39. The van der Waals surface area contributed by atoms with E-state index in [0.29, 0.717) is 5.92 Å². The molecule has 0 aliphatic heterocycles. The van der Waals surface area contributed by atoms with Crippen LogP contribution in [0.15, 0.2) is 0 Å². The number of hydrogen-bond acceptors (Lipinski definition) is 2. The average Bonchev–Trinajstić information content (AvgIpc) is 2.86. The van der Waals surface area contributed by atoms with Crippen molar-refractivity contribution in [3.63, 3.8) is 0 Å². The molecule has 0 spiro atoms. The molecule has 0 heterocycles. The summed E-state index contributed by atoms with van der Waals surface area (Å²) in [6.07, 6.45) is 2.93. The maximum atomic E-state index is 12.8. The van der Waals surface area contributed by atoms with E-state index in [2.05, 4.69) is 0 Å². The van der Waals surface area contributed by atoms with Gasteiger partial charge < -0.3 is 10.0 Å². The minimum absolute atomic E-state index is 0.0598. The molecular formula is C15H25NO3. The molecule has 4 nitrogen and oxygen atoms in total. The number of carbonyl (C=O) groups excluding carboxylic acids is 1. The molecule has 2 fully saturated rings. The van der Waals surface area contributed by atoms with E-state index in [1.807, 2.05) is 32.6 Å². The minimum atomic E-state index is -0.780. The van der Waals surface area contributed by atoms with Crippen LogP contribution in [-0.2, 0) is 9.59 Å². The standard InChI is InChI=1S/C15H25NO3/c1-8(2)16(9(3)4)14(17)12-10-5-6-11(7-10)13(12)15(18)19/h8-13H,5-7H2,1-4H3,(H,18,19). The Kier molecular flexibility index (Phi) is 3.88. The maximum Gasteiger partial charge on any atom is 0.307 e. The zero-order valence-electron chi connectivity index (χ0n) is 12.3. The summed E-state index contributed by atoms with van der Waals surface area (Å²) < 4.78 is 0. The first kappa shape index (κ1) is 14.4. The van der Waals surface area contributed by atoms with Crippen LogP contribution in [0.3, 0.4) is 0 Å². The molecule has 2 bridgehead atoms. The van der Waals surface area contributed by atoms with Crippen molar-refractivity contribution >= 4 is 11.9 Å². The van der Waals surface area contributed by atoms with Crippen molar-refractivity contribution in [3.8, 4) is 0 Å². The summed E-state index contributed by atoms with van der Waals surface area (Å²) in [6.45, 7) is 8.00. The fraction of sp³-hybridized carbons (Fsp3) is 0.867. The zero-order chi connectivity index (χ0) is 14.3. The summed E-state index contributed by atoms with van der Waals surface area (Å²) in [5.41, 5.74) is 0. The van der Waals surface area contributed by atoms with Gasteiger partial charge in [-0.05, 0) is 58.8 Å². The molecule has 0 aromatic rings. The first-order chi connectivity index (χ1) is 8.84. The quantitative estimate of drug-likeness (QED) is 0.850. The third-order valence-corrected chi connectivity index (χ3v) is 4.85. The van der Waals surface area contributed by atoms with Crippen LogP contribution >= 0.6 is 0 Å². The van der Waals surface area contributed by atoms with Gasteiger partial charge in [0.2, 0.25) is 5.91 Å². The number of hydrogen-bond donors (Lipinski definition) is 1. The van der Waals surface area contributed by atoms with E-state index in [1.54, 1.807) is 0 Å². The molecule has 1 N–H and O–H groups in total. The Balaban J connectivity index is 2.24. The van der Waals surface area contributed by atoms with Gasteiger partial charge in [-0.15, -0.1) is 0 Å². The van der Waals surface area contributed by atoms with Gasteiger partial charge in [-0.1, -0.05) is 0 Å². The number of amides is 1. The summed E-state index contributed by atoms with van der Waals surface area (Å²) in [6, 6.07) is 0.252. The third-order valence-electron chi connectivity index (χ3n) is 4.85. The SMILES string of the molecule is CC(C)N(C(=O)C1C2CCC(C2)C1C(=O)O)C(C)C. The summed E-state index contributed by atoms with van der Waals surface area (Å²) in [7, 11) is 0. The lowest BCUT2D eigenvalue weighted by Gasteiger charge is -2.37. The van der Waals surface area contributed by atoms with Crippen molar-refractivity contribution in [3.05, 3.63) is 0 Å². The van der Waals surface area contributed by atoms with Crippen molar-refractivity contribution in [1.29, 1.82) is 0 Å². The number of fused-ring (bicyclic) bond motifs is 2. The Bertz CT molecular complexity index is 370. The maximum absolute atomic E-state index is 12.8.